The van der Waals surface area contributed by atoms with Gasteiger partial charge in [0.1, 0.15) is 11.3 Å². The second-order valence-corrected chi connectivity index (χ2v) is 5.38. The molecule has 2 heterocycles. The second-order valence-electron chi connectivity index (χ2n) is 4.20. The number of nitrogens with zero attached hydrogens (tertiary/aromatic N) is 3. The number of hydrogen-bond acceptors (Lipinski definition) is 2. The van der Waals surface area contributed by atoms with Crippen molar-refractivity contribution in [1.82, 2.24) is 14.5 Å². The predicted molar refractivity (Wildman–Crippen MR) is 70.2 cm³/mol. The topological polar surface area (TPSA) is 30.7 Å². The molecule has 1 atom stereocenters. The van der Waals surface area contributed by atoms with Gasteiger partial charge in [-0.2, -0.15) is 13.2 Å². The van der Waals surface area contributed by atoms with Crippen LogP contribution in [0.5, 0.6) is 0 Å². The molecule has 0 fully saturated rings. The highest BCUT2D eigenvalue weighted by molar-refractivity contribution is 9.10. The number of fused-ring (bicyclic) bond motifs is 1. The Hall–Kier alpha value is -0.820. The first-order valence-electron chi connectivity index (χ1n) is 5.47. The molecule has 0 radical (unpaired) electrons. The summed E-state index contributed by atoms with van der Waals surface area (Å²) < 4.78 is 39.7. The van der Waals surface area contributed by atoms with E-state index < -0.39 is 18.6 Å². The Morgan fingerprint density at radius 1 is 1.47 bits per heavy atom. The van der Waals surface area contributed by atoms with E-state index in [-0.39, 0.29) is 5.88 Å². The van der Waals surface area contributed by atoms with Gasteiger partial charge in [-0.15, -0.1) is 11.6 Å². The SMILES string of the molecule is CC(CC(F)(F)F)n1c(CCl)nc2cc(Br)cnc21. The fourth-order valence-electron chi connectivity index (χ4n) is 1.99. The summed E-state index contributed by atoms with van der Waals surface area (Å²) in [5.41, 5.74) is 0.939. The van der Waals surface area contributed by atoms with Gasteiger partial charge in [0.25, 0.3) is 0 Å². The molecule has 0 N–H and O–H groups in total. The van der Waals surface area contributed by atoms with Crippen LogP contribution < -0.4 is 0 Å². The van der Waals surface area contributed by atoms with Gasteiger partial charge >= 0.3 is 6.18 Å². The normalized spacial score (nSPS) is 14.0. The molecule has 2 aromatic rings. The van der Waals surface area contributed by atoms with Crippen LogP contribution in [-0.4, -0.2) is 20.7 Å². The van der Waals surface area contributed by atoms with Crippen LogP contribution in [-0.2, 0) is 5.88 Å². The van der Waals surface area contributed by atoms with Crippen molar-refractivity contribution in [1.29, 1.82) is 0 Å². The molecule has 0 aliphatic heterocycles. The summed E-state index contributed by atoms with van der Waals surface area (Å²) in [6.45, 7) is 1.48. The fourth-order valence-corrected chi connectivity index (χ4v) is 2.50. The van der Waals surface area contributed by atoms with Crippen molar-refractivity contribution in [2.45, 2.75) is 31.4 Å². The Kier molecular flexibility index (Phi) is 4.06. The maximum atomic E-state index is 12.5. The van der Waals surface area contributed by atoms with E-state index in [1.54, 1.807) is 6.07 Å². The molecule has 19 heavy (non-hydrogen) atoms. The van der Waals surface area contributed by atoms with Crippen LogP contribution in [0.4, 0.5) is 13.2 Å². The van der Waals surface area contributed by atoms with E-state index in [1.165, 1.54) is 17.7 Å². The van der Waals surface area contributed by atoms with Crippen LogP contribution in [0.25, 0.3) is 11.2 Å². The highest BCUT2D eigenvalue weighted by atomic mass is 79.9. The zero-order valence-electron chi connectivity index (χ0n) is 9.88. The third-order valence-corrected chi connectivity index (χ3v) is 3.33. The second kappa shape index (κ2) is 5.28. The Labute approximate surface area is 120 Å². The van der Waals surface area contributed by atoms with Crippen LogP contribution in [0.2, 0.25) is 0 Å². The van der Waals surface area contributed by atoms with E-state index in [4.69, 9.17) is 11.6 Å². The lowest BCUT2D eigenvalue weighted by Gasteiger charge is -2.17. The van der Waals surface area contributed by atoms with Crippen LogP contribution in [0.15, 0.2) is 16.7 Å². The summed E-state index contributed by atoms with van der Waals surface area (Å²) in [6, 6.07) is 0.905. The zero-order valence-corrected chi connectivity index (χ0v) is 12.2. The van der Waals surface area contributed by atoms with E-state index in [9.17, 15) is 13.2 Å². The molecule has 0 bridgehead atoms. The molecular formula is C11H10BrClF3N3. The fraction of sp³-hybridized carbons (Fsp3) is 0.455. The number of halogens is 5. The van der Waals surface area contributed by atoms with Crippen molar-refractivity contribution in [2.24, 2.45) is 0 Å². The van der Waals surface area contributed by atoms with Gasteiger partial charge in [-0.3, -0.25) is 0 Å². The summed E-state index contributed by atoms with van der Waals surface area (Å²) in [7, 11) is 0. The molecule has 104 valence electrons. The Bertz CT molecular complexity index is 597. The van der Waals surface area contributed by atoms with Crippen molar-refractivity contribution < 1.29 is 13.2 Å². The minimum Gasteiger partial charge on any atom is -0.309 e. The Morgan fingerprint density at radius 3 is 2.74 bits per heavy atom. The lowest BCUT2D eigenvalue weighted by atomic mass is 10.2. The maximum absolute atomic E-state index is 12.5. The Morgan fingerprint density at radius 2 is 2.16 bits per heavy atom. The summed E-state index contributed by atoms with van der Waals surface area (Å²) in [4.78, 5) is 8.34. The highest BCUT2D eigenvalue weighted by Gasteiger charge is 2.32. The minimum atomic E-state index is -4.24. The van der Waals surface area contributed by atoms with E-state index in [1.807, 2.05) is 0 Å². The molecule has 0 aliphatic carbocycles. The van der Waals surface area contributed by atoms with Gasteiger partial charge in [0.2, 0.25) is 0 Å². The van der Waals surface area contributed by atoms with Crippen LogP contribution in [0.1, 0.15) is 25.2 Å². The largest absolute Gasteiger partial charge is 0.391 e. The zero-order chi connectivity index (χ0) is 14.2. The lowest BCUT2D eigenvalue weighted by Crippen LogP contribution is -2.18. The number of alkyl halides is 4. The van der Waals surface area contributed by atoms with Gasteiger partial charge in [0, 0.05) is 16.7 Å². The lowest BCUT2D eigenvalue weighted by molar-refractivity contribution is -0.141. The summed E-state index contributed by atoms with van der Waals surface area (Å²) >= 11 is 9.00. The number of hydrogen-bond donors (Lipinski definition) is 0. The first-order valence-corrected chi connectivity index (χ1v) is 6.79. The van der Waals surface area contributed by atoms with Crippen molar-refractivity contribution in [3.8, 4) is 0 Å². The standard InChI is InChI=1S/C11H10BrClF3N3/c1-6(3-11(14,15)16)19-9(4-13)18-8-2-7(12)5-17-10(8)19/h2,5-6H,3-4H2,1H3. The van der Waals surface area contributed by atoms with Crippen molar-refractivity contribution >= 4 is 38.7 Å². The average Bonchev–Trinajstić information content (AvgIpc) is 2.63. The van der Waals surface area contributed by atoms with E-state index in [0.29, 0.717) is 21.5 Å². The molecular weight excluding hydrogens is 346 g/mol. The van der Waals surface area contributed by atoms with Gasteiger partial charge < -0.3 is 4.57 Å². The van der Waals surface area contributed by atoms with Crippen LogP contribution >= 0.6 is 27.5 Å². The molecule has 8 heteroatoms. The minimum absolute atomic E-state index is 0.0379. The van der Waals surface area contributed by atoms with Crippen LogP contribution in [0.3, 0.4) is 0 Å². The molecule has 0 aliphatic rings. The first-order chi connectivity index (χ1) is 8.81. The van der Waals surface area contributed by atoms with Gasteiger partial charge in [-0.05, 0) is 28.9 Å². The van der Waals surface area contributed by atoms with Crippen LogP contribution in [0, 0.1) is 0 Å². The highest BCUT2D eigenvalue weighted by Crippen LogP contribution is 2.31. The van der Waals surface area contributed by atoms with Crippen molar-refractivity contribution in [2.75, 3.05) is 0 Å². The van der Waals surface area contributed by atoms with Gasteiger partial charge in [-0.25, -0.2) is 9.97 Å². The van der Waals surface area contributed by atoms with E-state index in [2.05, 4.69) is 25.9 Å². The molecule has 0 saturated heterocycles. The maximum Gasteiger partial charge on any atom is 0.391 e. The summed E-state index contributed by atoms with van der Waals surface area (Å²) in [5.74, 6) is 0.426. The number of rotatable bonds is 3. The molecule has 1 unspecified atom stereocenters. The quantitative estimate of drug-likeness (QED) is 0.761. The molecule has 2 rings (SSSR count). The summed E-state index contributed by atoms with van der Waals surface area (Å²) in [6.07, 6.45) is -3.66. The third-order valence-electron chi connectivity index (χ3n) is 2.66. The molecule has 0 amide bonds. The van der Waals surface area contributed by atoms with Crippen molar-refractivity contribution in [3.05, 3.63) is 22.6 Å². The smallest absolute Gasteiger partial charge is 0.309 e. The van der Waals surface area contributed by atoms with E-state index in [0.717, 1.165) is 0 Å². The molecule has 0 saturated carbocycles. The molecule has 3 nitrogen and oxygen atoms in total. The van der Waals surface area contributed by atoms with Crippen molar-refractivity contribution in [3.63, 3.8) is 0 Å². The van der Waals surface area contributed by atoms with Gasteiger partial charge in [0.05, 0.1) is 12.3 Å². The Balaban J connectivity index is 2.51. The average molecular weight is 357 g/mol. The summed E-state index contributed by atoms with van der Waals surface area (Å²) in [5, 5.41) is 0. The number of pyridine rings is 1. The number of imidazole rings is 1. The molecule has 0 aromatic carbocycles. The third kappa shape index (κ3) is 3.20. The molecule has 0 spiro atoms. The molecule has 2 aromatic heterocycles. The van der Waals surface area contributed by atoms with Gasteiger partial charge in [0.15, 0.2) is 5.65 Å². The number of aromatic nitrogens is 3. The predicted octanol–water partition coefficient (Wildman–Crippen LogP) is 4.45. The van der Waals surface area contributed by atoms with E-state index >= 15 is 0 Å². The first kappa shape index (κ1) is 14.6. The van der Waals surface area contributed by atoms with Gasteiger partial charge in [-0.1, -0.05) is 0 Å². The monoisotopic (exact) mass is 355 g/mol.